The van der Waals surface area contributed by atoms with Gasteiger partial charge in [0.15, 0.2) is 15.0 Å². The molecule has 1 amide bonds. The first-order chi connectivity index (χ1) is 17.4. The van der Waals surface area contributed by atoms with Crippen LogP contribution in [0, 0.1) is 0 Å². The summed E-state index contributed by atoms with van der Waals surface area (Å²) in [4.78, 5) is 21.7. The Hall–Kier alpha value is -3.37. The highest BCUT2D eigenvalue weighted by molar-refractivity contribution is 7.98. The van der Waals surface area contributed by atoms with Crippen LogP contribution in [0.4, 0.5) is 0 Å². The van der Waals surface area contributed by atoms with Gasteiger partial charge in [0.05, 0.1) is 42.4 Å². The third-order valence-corrected chi connectivity index (χ3v) is 8.98. The number of hydrogen-bond donors (Lipinski definition) is 1. The Bertz CT molecular complexity index is 1480. The van der Waals surface area contributed by atoms with E-state index in [1.807, 2.05) is 48.7 Å². The molecule has 1 aliphatic heterocycles. The summed E-state index contributed by atoms with van der Waals surface area (Å²) in [5.41, 5.74) is 4.52. The van der Waals surface area contributed by atoms with Gasteiger partial charge in [-0.05, 0) is 47.9 Å². The van der Waals surface area contributed by atoms with E-state index in [9.17, 15) is 13.2 Å². The molecule has 0 spiro atoms. The van der Waals surface area contributed by atoms with Crippen molar-refractivity contribution in [2.24, 2.45) is 0 Å². The van der Waals surface area contributed by atoms with E-state index < -0.39 is 9.84 Å². The number of nitrogens with zero attached hydrogens (tertiary/aromatic N) is 3. The van der Waals surface area contributed by atoms with Gasteiger partial charge >= 0.3 is 0 Å². The topological polar surface area (TPSA) is 103 Å². The molecule has 4 aromatic rings. The van der Waals surface area contributed by atoms with Crippen LogP contribution in [0.1, 0.15) is 27.9 Å². The van der Waals surface area contributed by atoms with Crippen molar-refractivity contribution in [2.45, 2.75) is 29.9 Å². The smallest absolute Gasteiger partial charge is 0.251 e. The maximum absolute atomic E-state index is 12.6. The molecular formula is C26H26N4O4S2. The second-order valence-electron chi connectivity index (χ2n) is 8.75. The molecule has 36 heavy (non-hydrogen) atoms. The normalized spacial score (nSPS) is 16.8. The summed E-state index contributed by atoms with van der Waals surface area (Å²) in [7, 11) is -1.39. The first kappa shape index (κ1) is 24.3. The number of imidazole rings is 1. The van der Waals surface area contributed by atoms with Crippen LogP contribution in [0.3, 0.4) is 0 Å². The summed E-state index contributed by atoms with van der Waals surface area (Å²) >= 11 is 1.65. The number of fused-ring (bicyclic) bond motifs is 1. The summed E-state index contributed by atoms with van der Waals surface area (Å²) in [6.07, 6.45) is 4.02. The van der Waals surface area contributed by atoms with Gasteiger partial charge in [-0.15, -0.1) is 0 Å². The molecule has 1 atom stereocenters. The summed E-state index contributed by atoms with van der Waals surface area (Å²) in [6.45, 7) is 0.579. The lowest BCUT2D eigenvalue weighted by atomic mass is 10.1. The molecule has 1 aliphatic rings. The minimum Gasteiger partial charge on any atom is -0.497 e. The SMILES string of the molecule is COc1ccc(CSc2nc3ccncc3n2Cc2ccc(C(=O)N[C@@H]3CCS(=O)(=O)C3)cc2)cc1. The fourth-order valence-corrected chi connectivity index (χ4v) is 6.85. The lowest BCUT2D eigenvalue weighted by molar-refractivity contribution is 0.0941. The van der Waals surface area contributed by atoms with Crippen LogP contribution in [-0.2, 0) is 22.1 Å². The Balaban J connectivity index is 1.31. The van der Waals surface area contributed by atoms with E-state index in [0.29, 0.717) is 18.5 Å². The number of aromatic nitrogens is 3. The minimum atomic E-state index is -3.04. The highest BCUT2D eigenvalue weighted by Gasteiger charge is 2.29. The van der Waals surface area contributed by atoms with E-state index in [4.69, 9.17) is 9.72 Å². The molecule has 0 radical (unpaired) electrons. The fourth-order valence-electron chi connectivity index (χ4n) is 4.20. The van der Waals surface area contributed by atoms with Crippen molar-refractivity contribution >= 4 is 38.5 Å². The van der Waals surface area contributed by atoms with Gasteiger partial charge < -0.3 is 14.6 Å². The third-order valence-electron chi connectivity index (χ3n) is 6.17. The van der Waals surface area contributed by atoms with Crippen molar-refractivity contribution in [3.05, 3.63) is 83.7 Å². The van der Waals surface area contributed by atoms with Crippen LogP contribution in [0.5, 0.6) is 5.75 Å². The van der Waals surface area contributed by atoms with E-state index in [1.165, 1.54) is 5.56 Å². The van der Waals surface area contributed by atoms with Gasteiger partial charge in [0, 0.05) is 23.6 Å². The van der Waals surface area contributed by atoms with Crippen LogP contribution in [0.15, 0.2) is 72.1 Å². The number of carbonyl (C=O) groups is 1. The van der Waals surface area contributed by atoms with Crippen LogP contribution < -0.4 is 10.1 Å². The molecule has 186 valence electrons. The lowest BCUT2D eigenvalue weighted by Gasteiger charge is -2.12. The number of methoxy groups -OCH3 is 1. The van der Waals surface area contributed by atoms with Crippen LogP contribution in [0.25, 0.3) is 11.0 Å². The summed E-state index contributed by atoms with van der Waals surface area (Å²) in [5.74, 6) is 1.47. The van der Waals surface area contributed by atoms with Crippen LogP contribution >= 0.6 is 11.8 Å². The lowest BCUT2D eigenvalue weighted by Crippen LogP contribution is -2.35. The number of thioether (sulfide) groups is 1. The number of rotatable bonds is 8. The van der Waals surface area contributed by atoms with Crippen molar-refractivity contribution < 1.29 is 17.9 Å². The summed E-state index contributed by atoms with van der Waals surface area (Å²) in [6, 6.07) is 17.0. The predicted molar refractivity (Wildman–Crippen MR) is 140 cm³/mol. The van der Waals surface area contributed by atoms with Crippen LogP contribution in [-0.4, -0.2) is 53.5 Å². The average Bonchev–Trinajstić information content (AvgIpc) is 3.42. The molecule has 2 aromatic carbocycles. The number of pyridine rings is 1. The van der Waals surface area contributed by atoms with E-state index >= 15 is 0 Å². The van der Waals surface area contributed by atoms with Crippen molar-refractivity contribution in [3.63, 3.8) is 0 Å². The standard InChI is InChI=1S/C26H26N4O4S2/c1-34-22-8-4-19(5-9-22)16-35-26-29-23-10-12-27-14-24(23)30(26)15-18-2-6-20(7-3-18)25(31)28-21-11-13-36(32,33)17-21/h2-10,12,14,21H,11,13,15-17H2,1H3,(H,28,31)/t21-/m1/s1. The van der Waals surface area contributed by atoms with Gasteiger partial charge in [-0.25, -0.2) is 13.4 Å². The zero-order valence-electron chi connectivity index (χ0n) is 19.8. The molecule has 1 saturated heterocycles. The van der Waals surface area contributed by atoms with Crippen molar-refractivity contribution in [1.29, 1.82) is 0 Å². The summed E-state index contributed by atoms with van der Waals surface area (Å²) < 4.78 is 30.7. The van der Waals surface area contributed by atoms with E-state index in [2.05, 4.69) is 14.9 Å². The number of ether oxygens (including phenoxy) is 1. The number of benzene rings is 2. The summed E-state index contributed by atoms with van der Waals surface area (Å²) in [5, 5.41) is 3.72. The number of carbonyl (C=O) groups excluding carboxylic acids is 1. The Labute approximate surface area is 214 Å². The zero-order valence-corrected chi connectivity index (χ0v) is 21.4. The molecule has 10 heteroatoms. The zero-order chi connectivity index (χ0) is 25.1. The highest BCUT2D eigenvalue weighted by Crippen LogP contribution is 2.28. The maximum atomic E-state index is 12.6. The third kappa shape index (κ3) is 5.55. The quantitative estimate of drug-likeness (QED) is 0.352. The fraction of sp³-hybridized carbons (Fsp3) is 0.269. The molecule has 0 unspecified atom stereocenters. The Morgan fingerprint density at radius 3 is 2.56 bits per heavy atom. The Morgan fingerprint density at radius 1 is 1.11 bits per heavy atom. The van der Waals surface area contributed by atoms with Gasteiger partial charge in [0.2, 0.25) is 0 Å². The highest BCUT2D eigenvalue weighted by atomic mass is 32.2. The van der Waals surface area contributed by atoms with Gasteiger partial charge in [0.1, 0.15) is 5.75 Å². The van der Waals surface area contributed by atoms with Crippen LogP contribution in [0.2, 0.25) is 0 Å². The molecule has 8 nitrogen and oxygen atoms in total. The van der Waals surface area contributed by atoms with Gasteiger partial charge in [-0.2, -0.15) is 0 Å². The van der Waals surface area contributed by atoms with E-state index in [-0.39, 0.29) is 23.5 Å². The molecule has 5 rings (SSSR count). The largest absolute Gasteiger partial charge is 0.497 e. The number of amides is 1. The first-order valence-corrected chi connectivity index (χ1v) is 14.4. The number of sulfone groups is 1. The minimum absolute atomic E-state index is 0.00946. The average molecular weight is 523 g/mol. The predicted octanol–water partition coefficient (Wildman–Crippen LogP) is 3.70. The molecular weight excluding hydrogens is 496 g/mol. The van der Waals surface area contributed by atoms with Crippen molar-refractivity contribution in [2.75, 3.05) is 18.6 Å². The maximum Gasteiger partial charge on any atom is 0.251 e. The Kier molecular flexibility index (Phi) is 6.97. The van der Waals surface area contributed by atoms with Crippen molar-refractivity contribution in [3.8, 4) is 5.75 Å². The first-order valence-electron chi connectivity index (χ1n) is 11.6. The van der Waals surface area contributed by atoms with E-state index in [0.717, 1.165) is 33.3 Å². The van der Waals surface area contributed by atoms with Gasteiger partial charge in [-0.1, -0.05) is 36.0 Å². The molecule has 2 aromatic heterocycles. The number of nitrogens with one attached hydrogen (secondary N) is 1. The molecule has 1 N–H and O–H groups in total. The van der Waals surface area contributed by atoms with Gasteiger partial charge in [0.25, 0.3) is 5.91 Å². The molecule has 0 aliphatic carbocycles. The second kappa shape index (κ2) is 10.3. The Morgan fingerprint density at radius 2 is 1.86 bits per heavy atom. The second-order valence-corrected chi connectivity index (χ2v) is 11.9. The molecule has 0 saturated carbocycles. The van der Waals surface area contributed by atoms with Crippen molar-refractivity contribution in [1.82, 2.24) is 19.9 Å². The number of hydrogen-bond acceptors (Lipinski definition) is 7. The molecule has 1 fully saturated rings. The molecule has 0 bridgehead atoms. The monoisotopic (exact) mass is 522 g/mol. The van der Waals surface area contributed by atoms with E-state index in [1.54, 1.807) is 37.2 Å². The van der Waals surface area contributed by atoms with Gasteiger partial charge in [-0.3, -0.25) is 9.78 Å². The molecule has 3 heterocycles.